The molecule has 0 radical (unpaired) electrons. The summed E-state index contributed by atoms with van der Waals surface area (Å²) >= 11 is 1.37. The highest BCUT2D eigenvalue weighted by Crippen LogP contribution is 2.26. The SMILES string of the molecule is CCOc1ccccc1CCC(=O)Nc1nnc(-c2ccccc2)s1. The lowest BCUT2D eigenvalue weighted by molar-refractivity contribution is -0.116. The van der Waals surface area contributed by atoms with Gasteiger partial charge in [0, 0.05) is 12.0 Å². The number of hydrogen-bond acceptors (Lipinski definition) is 5. The summed E-state index contributed by atoms with van der Waals surface area (Å²) < 4.78 is 5.59. The van der Waals surface area contributed by atoms with Crippen LogP contribution in [0.2, 0.25) is 0 Å². The number of benzene rings is 2. The van der Waals surface area contributed by atoms with Gasteiger partial charge in [-0.25, -0.2) is 0 Å². The summed E-state index contributed by atoms with van der Waals surface area (Å²) in [5.41, 5.74) is 2.02. The number of aromatic nitrogens is 2. The molecule has 0 saturated heterocycles. The van der Waals surface area contributed by atoms with Crippen molar-refractivity contribution < 1.29 is 9.53 Å². The van der Waals surface area contributed by atoms with Gasteiger partial charge in [-0.1, -0.05) is 59.9 Å². The highest BCUT2D eigenvalue weighted by Gasteiger charge is 2.11. The molecule has 3 aromatic rings. The molecule has 1 amide bonds. The Morgan fingerprint density at radius 1 is 1.08 bits per heavy atom. The molecule has 1 aromatic heterocycles. The van der Waals surface area contributed by atoms with Gasteiger partial charge in [-0.05, 0) is 25.0 Å². The van der Waals surface area contributed by atoms with E-state index in [0.717, 1.165) is 21.9 Å². The smallest absolute Gasteiger partial charge is 0.226 e. The van der Waals surface area contributed by atoms with Gasteiger partial charge in [-0.2, -0.15) is 0 Å². The zero-order valence-corrected chi connectivity index (χ0v) is 14.8. The quantitative estimate of drug-likeness (QED) is 0.692. The lowest BCUT2D eigenvalue weighted by Crippen LogP contribution is -2.12. The molecule has 3 rings (SSSR count). The zero-order valence-electron chi connectivity index (χ0n) is 13.9. The van der Waals surface area contributed by atoms with Gasteiger partial charge < -0.3 is 10.1 Å². The first-order chi connectivity index (χ1) is 12.3. The summed E-state index contributed by atoms with van der Waals surface area (Å²) in [6.07, 6.45) is 0.983. The van der Waals surface area contributed by atoms with Crippen LogP contribution in [0.5, 0.6) is 5.75 Å². The van der Waals surface area contributed by atoms with Crippen molar-refractivity contribution in [3.05, 3.63) is 60.2 Å². The third-order valence-electron chi connectivity index (χ3n) is 3.59. The molecule has 0 saturated carbocycles. The molecule has 0 unspecified atom stereocenters. The second-order valence-corrected chi connectivity index (χ2v) is 6.34. The highest BCUT2D eigenvalue weighted by molar-refractivity contribution is 7.18. The van der Waals surface area contributed by atoms with Crippen LogP contribution in [0.4, 0.5) is 5.13 Å². The first-order valence-corrected chi connectivity index (χ1v) is 8.97. The van der Waals surface area contributed by atoms with E-state index in [1.165, 1.54) is 11.3 Å². The fourth-order valence-electron chi connectivity index (χ4n) is 2.41. The monoisotopic (exact) mass is 353 g/mol. The Bertz CT molecular complexity index is 833. The van der Waals surface area contributed by atoms with Crippen molar-refractivity contribution in [3.8, 4) is 16.3 Å². The molecule has 1 N–H and O–H groups in total. The Balaban J connectivity index is 1.58. The standard InChI is InChI=1S/C19H19N3O2S/c1-2-24-16-11-7-6-8-14(16)12-13-17(23)20-19-22-21-18(25-19)15-9-4-3-5-10-15/h3-11H,2,12-13H2,1H3,(H,20,22,23). The van der Waals surface area contributed by atoms with Crippen LogP contribution in [0.25, 0.3) is 10.6 Å². The summed E-state index contributed by atoms with van der Waals surface area (Å²) in [7, 11) is 0. The predicted octanol–water partition coefficient (Wildman–Crippen LogP) is 4.18. The van der Waals surface area contributed by atoms with Gasteiger partial charge in [0.25, 0.3) is 0 Å². The van der Waals surface area contributed by atoms with Gasteiger partial charge in [0.2, 0.25) is 11.0 Å². The van der Waals surface area contributed by atoms with Crippen LogP contribution in [0.1, 0.15) is 18.9 Å². The molecule has 128 valence electrons. The Kier molecular flexibility index (Phi) is 5.74. The Labute approximate surface area is 150 Å². The number of carbonyl (C=O) groups excluding carboxylic acids is 1. The van der Waals surface area contributed by atoms with Crippen LogP contribution in [-0.4, -0.2) is 22.7 Å². The number of ether oxygens (including phenoxy) is 1. The van der Waals surface area contributed by atoms with Crippen molar-refractivity contribution in [1.29, 1.82) is 0 Å². The van der Waals surface area contributed by atoms with Gasteiger partial charge in [-0.3, -0.25) is 4.79 Å². The second-order valence-electron chi connectivity index (χ2n) is 5.37. The molecule has 0 spiro atoms. The minimum absolute atomic E-state index is 0.0814. The predicted molar refractivity (Wildman–Crippen MR) is 99.9 cm³/mol. The lowest BCUT2D eigenvalue weighted by Gasteiger charge is -2.09. The Morgan fingerprint density at radius 3 is 2.64 bits per heavy atom. The number of aryl methyl sites for hydroxylation is 1. The fraction of sp³-hybridized carbons (Fsp3) is 0.211. The average Bonchev–Trinajstić information content (AvgIpc) is 3.10. The largest absolute Gasteiger partial charge is 0.494 e. The molecule has 6 heteroatoms. The first-order valence-electron chi connectivity index (χ1n) is 8.15. The number of nitrogens with one attached hydrogen (secondary N) is 1. The van der Waals surface area contributed by atoms with E-state index in [0.29, 0.717) is 24.6 Å². The zero-order chi connectivity index (χ0) is 17.5. The topological polar surface area (TPSA) is 64.1 Å². The van der Waals surface area contributed by atoms with Crippen molar-refractivity contribution in [2.24, 2.45) is 0 Å². The summed E-state index contributed by atoms with van der Waals surface area (Å²) in [6, 6.07) is 17.6. The van der Waals surface area contributed by atoms with Crippen molar-refractivity contribution >= 4 is 22.4 Å². The van der Waals surface area contributed by atoms with Crippen molar-refractivity contribution in [3.63, 3.8) is 0 Å². The molecule has 0 atom stereocenters. The maximum Gasteiger partial charge on any atom is 0.226 e. The van der Waals surface area contributed by atoms with Gasteiger partial charge in [0.15, 0.2) is 0 Å². The molecule has 1 heterocycles. The summed E-state index contributed by atoms with van der Waals surface area (Å²) in [5.74, 6) is 0.752. The third-order valence-corrected chi connectivity index (χ3v) is 4.47. The van der Waals surface area contributed by atoms with E-state index in [9.17, 15) is 4.79 Å². The maximum absolute atomic E-state index is 12.2. The van der Waals surface area contributed by atoms with E-state index in [-0.39, 0.29) is 5.91 Å². The average molecular weight is 353 g/mol. The summed E-state index contributed by atoms with van der Waals surface area (Å²) in [6.45, 7) is 2.56. The van der Waals surface area contributed by atoms with Crippen LogP contribution in [0, 0.1) is 0 Å². The van der Waals surface area contributed by atoms with Crippen LogP contribution in [0.15, 0.2) is 54.6 Å². The molecular weight excluding hydrogens is 334 g/mol. The molecule has 0 fully saturated rings. The third kappa shape index (κ3) is 4.64. The van der Waals surface area contributed by atoms with Crippen molar-refractivity contribution in [2.75, 3.05) is 11.9 Å². The lowest BCUT2D eigenvalue weighted by atomic mass is 10.1. The van der Waals surface area contributed by atoms with E-state index < -0.39 is 0 Å². The molecule has 0 aliphatic heterocycles. The van der Waals surface area contributed by atoms with Crippen LogP contribution in [-0.2, 0) is 11.2 Å². The second kappa shape index (κ2) is 8.39. The van der Waals surface area contributed by atoms with E-state index in [1.807, 2.05) is 61.5 Å². The summed E-state index contributed by atoms with van der Waals surface area (Å²) in [4.78, 5) is 12.2. The molecule has 0 bridgehead atoms. The number of nitrogens with zero attached hydrogens (tertiary/aromatic N) is 2. The van der Waals surface area contributed by atoms with Crippen molar-refractivity contribution in [1.82, 2.24) is 10.2 Å². The maximum atomic E-state index is 12.2. The number of para-hydroxylation sites is 1. The van der Waals surface area contributed by atoms with Crippen LogP contribution in [0.3, 0.4) is 0 Å². The minimum Gasteiger partial charge on any atom is -0.494 e. The van der Waals surface area contributed by atoms with Gasteiger partial charge in [0.05, 0.1) is 6.61 Å². The van der Waals surface area contributed by atoms with Gasteiger partial charge in [0.1, 0.15) is 10.8 Å². The summed E-state index contributed by atoms with van der Waals surface area (Å²) in [5, 5.41) is 12.3. The van der Waals surface area contributed by atoms with Crippen molar-refractivity contribution in [2.45, 2.75) is 19.8 Å². The van der Waals surface area contributed by atoms with Gasteiger partial charge >= 0.3 is 0 Å². The van der Waals surface area contributed by atoms with E-state index in [1.54, 1.807) is 0 Å². The Morgan fingerprint density at radius 2 is 1.84 bits per heavy atom. The van der Waals surface area contributed by atoms with E-state index >= 15 is 0 Å². The highest BCUT2D eigenvalue weighted by atomic mass is 32.1. The first kappa shape index (κ1) is 17.1. The number of anilines is 1. The van der Waals surface area contributed by atoms with E-state index in [4.69, 9.17) is 4.74 Å². The molecule has 0 aliphatic rings. The molecular formula is C19H19N3O2S. The molecule has 25 heavy (non-hydrogen) atoms. The fourth-order valence-corrected chi connectivity index (χ4v) is 3.17. The number of rotatable bonds is 7. The van der Waals surface area contributed by atoms with Crippen LogP contribution < -0.4 is 10.1 Å². The molecule has 2 aromatic carbocycles. The van der Waals surface area contributed by atoms with Gasteiger partial charge in [-0.15, -0.1) is 10.2 Å². The Hall–Kier alpha value is -2.73. The van der Waals surface area contributed by atoms with Crippen LogP contribution >= 0.6 is 11.3 Å². The molecule has 0 aliphatic carbocycles. The number of amides is 1. The number of hydrogen-bond donors (Lipinski definition) is 1. The normalized spacial score (nSPS) is 10.4. The van der Waals surface area contributed by atoms with E-state index in [2.05, 4.69) is 15.5 Å². The minimum atomic E-state index is -0.0814. The molecule has 5 nitrogen and oxygen atoms in total. The number of carbonyl (C=O) groups is 1.